The molecule has 0 bridgehead atoms. The first-order chi connectivity index (χ1) is 18.8. The minimum atomic E-state index is 0.123. The van der Waals surface area contributed by atoms with Gasteiger partial charge in [0.05, 0.1) is 6.04 Å². The SMILES string of the molecule is O=C1c2ccccc2C(Cc2ccccc2)N1C1CCN(CCC(c2ccccc2)c2ccccc2)CC1. The normalized spacial score (nSPS) is 18.2. The maximum Gasteiger partial charge on any atom is 0.254 e. The molecule has 1 saturated heterocycles. The number of fused-ring (bicyclic) bond motifs is 1. The smallest absolute Gasteiger partial charge is 0.254 e. The second-order valence-electron chi connectivity index (χ2n) is 10.7. The van der Waals surface area contributed by atoms with Crippen LogP contribution in [0.3, 0.4) is 0 Å². The van der Waals surface area contributed by atoms with Crippen molar-refractivity contribution in [3.63, 3.8) is 0 Å². The quantitative estimate of drug-likeness (QED) is 0.257. The molecule has 2 aliphatic heterocycles. The largest absolute Gasteiger partial charge is 0.328 e. The van der Waals surface area contributed by atoms with E-state index in [0.29, 0.717) is 12.0 Å². The Labute approximate surface area is 226 Å². The van der Waals surface area contributed by atoms with Crippen LogP contribution in [0, 0.1) is 0 Å². The van der Waals surface area contributed by atoms with Crippen molar-refractivity contribution in [1.82, 2.24) is 9.80 Å². The lowest BCUT2D eigenvalue weighted by Crippen LogP contribution is -2.47. The molecule has 3 heteroatoms. The first-order valence-electron chi connectivity index (χ1n) is 14.1. The fourth-order valence-corrected chi connectivity index (χ4v) is 6.51. The van der Waals surface area contributed by atoms with Crippen molar-refractivity contribution in [2.45, 2.75) is 43.7 Å². The van der Waals surface area contributed by atoms with E-state index in [4.69, 9.17) is 0 Å². The minimum absolute atomic E-state index is 0.123. The van der Waals surface area contributed by atoms with Crippen LogP contribution >= 0.6 is 0 Å². The van der Waals surface area contributed by atoms with Crippen molar-refractivity contribution in [2.24, 2.45) is 0 Å². The Hall–Kier alpha value is -3.69. The average Bonchev–Trinajstić information content (AvgIpc) is 3.26. The number of carbonyl (C=O) groups is 1. The summed E-state index contributed by atoms with van der Waals surface area (Å²) in [4.78, 5) is 18.5. The van der Waals surface area contributed by atoms with Gasteiger partial charge in [-0.05, 0) is 60.5 Å². The first kappa shape index (κ1) is 24.6. The lowest BCUT2D eigenvalue weighted by molar-refractivity contribution is 0.0495. The number of nitrogens with zero attached hydrogens (tertiary/aromatic N) is 2. The molecule has 3 nitrogen and oxygen atoms in total. The first-order valence-corrected chi connectivity index (χ1v) is 14.1. The van der Waals surface area contributed by atoms with Gasteiger partial charge in [-0.1, -0.05) is 109 Å². The van der Waals surface area contributed by atoms with Crippen LogP contribution in [0.5, 0.6) is 0 Å². The van der Waals surface area contributed by atoms with Crippen LogP contribution in [0.25, 0.3) is 0 Å². The Morgan fingerprint density at radius 2 is 1.24 bits per heavy atom. The number of piperidine rings is 1. The Kier molecular flexibility index (Phi) is 7.37. The van der Waals surface area contributed by atoms with E-state index >= 15 is 0 Å². The van der Waals surface area contributed by atoms with E-state index in [1.54, 1.807) is 0 Å². The summed E-state index contributed by atoms with van der Waals surface area (Å²) in [7, 11) is 0. The molecule has 38 heavy (non-hydrogen) atoms. The summed E-state index contributed by atoms with van der Waals surface area (Å²) >= 11 is 0. The molecule has 0 N–H and O–H groups in total. The molecular formula is C35H36N2O. The van der Waals surface area contributed by atoms with E-state index in [1.165, 1.54) is 22.3 Å². The number of likely N-dealkylation sites (tertiary alicyclic amines) is 1. The lowest BCUT2D eigenvalue weighted by Gasteiger charge is -2.40. The van der Waals surface area contributed by atoms with Crippen LogP contribution in [0.4, 0.5) is 0 Å². The van der Waals surface area contributed by atoms with E-state index in [9.17, 15) is 4.79 Å². The molecule has 192 valence electrons. The van der Waals surface area contributed by atoms with Gasteiger partial charge in [0.1, 0.15) is 0 Å². The maximum absolute atomic E-state index is 13.6. The Morgan fingerprint density at radius 3 is 1.87 bits per heavy atom. The van der Waals surface area contributed by atoms with E-state index in [0.717, 1.165) is 50.9 Å². The highest BCUT2D eigenvalue weighted by molar-refractivity contribution is 5.99. The lowest BCUT2D eigenvalue weighted by atomic mass is 9.88. The van der Waals surface area contributed by atoms with Crippen molar-refractivity contribution in [2.75, 3.05) is 19.6 Å². The summed E-state index contributed by atoms with van der Waals surface area (Å²) in [6, 6.07) is 41.1. The summed E-state index contributed by atoms with van der Waals surface area (Å²) < 4.78 is 0. The Balaban J connectivity index is 1.13. The summed E-state index contributed by atoms with van der Waals surface area (Å²) in [6.45, 7) is 3.15. The van der Waals surface area contributed by atoms with Gasteiger partial charge < -0.3 is 9.80 Å². The number of hydrogen-bond donors (Lipinski definition) is 0. The monoisotopic (exact) mass is 500 g/mol. The van der Waals surface area contributed by atoms with Crippen LogP contribution in [-0.2, 0) is 6.42 Å². The highest BCUT2D eigenvalue weighted by Gasteiger charge is 2.41. The molecule has 1 unspecified atom stereocenters. The van der Waals surface area contributed by atoms with Crippen LogP contribution in [-0.4, -0.2) is 41.4 Å². The van der Waals surface area contributed by atoms with Crippen LogP contribution in [0.15, 0.2) is 115 Å². The third-order valence-electron chi connectivity index (χ3n) is 8.48. The predicted octanol–water partition coefficient (Wildman–Crippen LogP) is 7.11. The minimum Gasteiger partial charge on any atom is -0.328 e. The topological polar surface area (TPSA) is 23.6 Å². The van der Waals surface area contributed by atoms with Gasteiger partial charge in [-0.3, -0.25) is 4.79 Å². The molecule has 1 amide bonds. The molecule has 2 heterocycles. The number of rotatable bonds is 8. The van der Waals surface area contributed by atoms with Crippen LogP contribution < -0.4 is 0 Å². The van der Waals surface area contributed by atoms with Gasteiger partial charge >= 0.3 is 0 Å². The molecule has 0 saturated carbocycles. The summed E-state index contributed by atoms with van der Waals surface area (Å²) in [5, 5.41) is 0. The second-order valence-corrected chi connectivity index (χ2v) is 10.7. The van der Waals surface area contributed by atoms with Gasteiger partial charge in [-0.25, -0.2) is 0 Å². The van der Waals surface area contributed by atoms with Crippen molar-refractivity contribution in [1.29, 1.82) is 0 Å². The van der Waals surface area contributed by atoms with Gasteiger partial charge in [0, 0.05) is 30.6 Å². The van der Waals surface area contributed by atoms with Crippen molar-refractivity contribution in [3.8, 4) is 0 Å². The summed E-state index contributed by atoms with van der Waals surface area (Å²) in [5.74, 6) is 0.619. The number of carbonyl (C=O) groups excluding carboxylic acids is 1. The Bertz CT molecular complexity index is 1290. The molecular weight excluding hydrogens is 464 g/mol. The zero-order valence-corrected chi connectivity index (χ0v) is 22.0. The van der Waals surface area contributed by atoms with Crippen LogP contribution in [0.1, 0.15) is 63.8 Å². The molecule has 0 radical (unpaired) electrons. The molecule has 0 spiro atoms. The van der Waals surface area contributed by atoms with Gasteiger partial charge in [0.2, 0.25) is 0 Å². The van der Waals surface area contributed by atoms with Crippen molar-refractivity contribution in [3.05, 3.63) is 143 Å². The molecule has 1 fully saturated rings. The molecule has 0 aromatic heterocycles. The highest BCUT2D eigenvalue weighted by atomic mass is 16.2. The molecule has 1 atom stereocenters. The van der Waals surface area contributed by atoms with E-state index in [1.807, 2.05) is 12.1 Å². The zero-order valence-electron chi connectivity index (χ0n) is 22.0. The third kappa shape index (κ3) is 5.16. The highest BCUT2D eigenvalue weighted by Crippen LogP contribution is 2.39. The third-order valence-corrected chi connectivity index (χ3v) is 8.48. The molecule has 0 aliphatic carbocycles. The van der Waals surface area contributed by atoms with E-state index in [2.05, 4.69) is 113 Å². The van der Waals surface area contributed by atoms with E-state index in [-0.39, 0.29) is 11.9 Å². The molecule has 4 aromatic rings. The Morgan fingerprint density at radius 1 is 0.684 bits per heavy atom. The summed E-state index contributed by atoms with van der Waals surface area (Å²) in [6.07, 6.45) is 4.04. The molecule has 4 aromatic carbocycles. The number of amides is 1. The van der Waals surface area contributed by atoms with Gasteiger partial charge in [0.15, 0.2) is 0 Å². The zero-order chi connectivity index (χ0) is 25.7. The average molecular weight is 501 g/mol. The fraction of sp³-hybridized carbons (Fsp3) is 0.286. The van der Waals surface area contributed by atoms with Gasteiger partial charge in [-0.2, -0.15) is 0 Å². The van der Waals surface area contributed by atoms with Gasteiger partial charge in [0.25, 0.3) is 5.91 Å². The summed E-state index contributed by atoms with van der Waals surface area (Å²) in [5.41, 5.74) is 6.15. The maximum atomic E-state index is 13.6. The van der Waals surface area contributed by atoms with E-state index < -0.39 is 0 Å². The molecule has 2 aliphatic rings. The van der Waals surface area contributed by atoms with Crippen molar-refractivity contribution < 1.29 is 4.79 Å². The predicted molar refractivity (Wildman–Crippen MR) is 154 cm³/mol. The van der Waals surface area contributed by atoms with Gasteiger partial charge in [-0.15, -0.1) is 0 Å². The van der Waals surface area contributed by atoms with Crippen molar-refractivity contribution >= 4 is 5.91 Å². The standard InChI is InChI=1S/C35H36N2O/c38-35-33-19-11-10-18-32(33)34(26-27-12-4-1-5-13-27)37(35)30-20-23-36(24-21-30)25-22-31(28-14-6-2-7-15-28)29-16-8-3-9-17-29/h1-19,30-31,34H,20-26H2. The second kappa shape index (κ2) is 11.4. The van der Waals surface area contributed by atoms with Crippen LogP contribution in [0.2, 0.25) is 0 Å². The number of benzene rings is 4. The number of hydrogen-bond acceptors (Lipinski definition) is 2. The fourth-order valence-electron chi connectivity index (χ4n) is 6.51. The molecule has 6 rings (SSSR count).